The molecular weight excluding hydrogens is 375 g/mol. The van der Waals surface area contributed by atoms with Gasteiger partial charge in [0.1, 0.15) is 29.2 Å². The zero-order chi connectivity index (χ0) is 20.2. The number of alkyl halides is 5. The first-order valence-electron chi connectivity index (χ1n) is 8.42. The third-order valence-corrected chi connectivity index (χ3v) is 4.37. The molecule has 10 heteroatoms. The summed E-state index contributed by atoms with van der Waals surface area (Å²) in [6.07, 6.45) is -4.85. The standard InChI is InChI=1S/C17H19F5N2O3/c1-15(2,3)27-14(25)24-6-4-5-10-13(24)9-8-23-12(7-11(9)26-10)16(18,19)17(20,21)22/h7-8,10,13H,4-6H2,1-3H3. The van der Waals surface area contributed by atoms with Crippen molar-refractivity contribution in [2.75, 3.05) is 6.54 Å². The Bertz CT molecular complexity index is 745. The summed E-state index contributed by atoms with van der Waals surface area (Å²) in [7, 11) is 0. The van der Waals surface area contributed by atoms with Crippen LogP contribution in [0.4, 0.5) is 26.7 Å². The highest BCUT2D eigenvalue weighted by atomic mass is 19.4. The molecule has 0 aliphatic carbocycles. The summed E-state index contributed by atoms with van der Waals surface area (Å²) in [6, 6.07) is -0.0290. The van der Waals surface area contributed by atoms with E-state index in [-0.39, 0.29) is 5.75 Å². The zero-order valence-electron chi connectivity index (χ0n) is 14.9. The minimum Gasteiger partial charge on any atom is -0.487 e. The molecule has 0 bridgehead atoms. The summed E-state index contributed by atoms with van der Waals surface area (Å²) in [6.45, 7) is 5.48. The second-order valence-corrected chi connectivity index (χ2v) is 7.60. The molecular formula is C17H19F5N2O3. The van der Waals surface area contributed by atoms with Crippen LogP contribution in [0.2, 0.25) is 0 Å². The molecule has 0 N–H and O–H groups in total. The van der Waals surface area contributed by atoms with E-state index in [1.54, 1.807) is 20.8 Å². The summed E-state index contributed by atoms with van der Waals surface area (Å²) in [4.78, 5) is 17.2. The van der Waals surface area contributed by atoms with Gasteiger partial charge in [-0.25, -0.2) is 4.79 Å². The van der Waals surface area contributed by atoms with Crippen molar-refractivity contribution in [3.63, 3.8) is 0 Å². The van der Waals surface area contributed by atoms with Crippen LogP contribution < -0.4 is 4.74 Å². The summed E-state index contributed by atoms with van der Waals surface area (Å²) in [5, 5.41) is 0. The van der Waals surface area contributed by atoms with Crippen molar-refractivity contribution in [2.24, 2.45) is 0 Å². The van der Waals surface area contributed by atoms with Crippen LogP contribution >= 0.6 is 0 Å². The zero-order valence-corrected chi connectivity index (χ0v) is 14.9. The van der Waals surface area contributed by atoms with Crippen LogP contribution in [0.15, 0.2) is 12.3 Å². The molecule has 0 radical (unpaired) electrons. The van der Waals surface area contributed by atoms with Crippen LogP contribution in [0.3, 0.4) is 0 Å². The number of carbonyl (C=O) groups is 1. The number of hydrogen-bond donors (Lipinski definition) is 0. The number of fused-ring (bicyclic) bond motifs is 3. The van der Waals surface area contributed by atoms with E-state index < -0.39 is 41.6 Å². The molecule has 0 saturated carbocycles. The lowest BCUT2D eigenvalue weighted by molar-refractivity contribution is -0.291. The number of piperidine rings is 1. The molecule has 1 aromatic rings. The van der Waals surface area contributed by atoms with Gasteiger partial charge in [-0.2, -0.15) is 22.0 Å². The van der Waals surface area contributed by atoms with Crippen molar-refractivity contribution >= 4 is 6.09 Å². The fourth-order valence-electron chi connectivity index (χ4n) is 3.23. The van der Waals surface area contributed by atoms with Gasteiger partial charge in [-0.1, -0.05) is 0 Å². The van der Waals surface area contributed by atoms with Gasteiger partial charge < -0.3 is 9.47 Å². The molecule has 2 aliphatic rings. The van der Waals surface area contributed by atoms with Gasteiger partial charge in [0.2, 0.25) is 0 Å². The molecule has 2 unspecified atom stereocenters. The van der Waals surface area contributed by atoms with Crippen LogP contribution in [0.1, 0.15) is 50.9 Å². The number of hydrogen-bond acceptors (Lipinski definition) is 4. The maximum Gasteiger partial charge on any atom is 0.459 e. The van der Waals surface area contributed by atoms with Crippen molar-refractivity contribution < 1.29 is 36.2 Å². The maximum atomic E-state index is 13.6. The molecule has 1 fully saturated rings. The first-order chi connectivity index (χ1) is 12.3. The molecule has 5 nitrogen and oxygen atoms in total. The first-order valence-corrected chi connectivity index (χ1v) is 8.42. The van der Waals surface area contributed by atoms with Crippen LogP contribution in [-0.2, 0) is 10.7 Å². The van der Waals surface area contributed by atoms with E-state index in [1.165, 1.54) is 4.90 Å². The van der Waals surface area contributed by atoms with Crippen LogP contribution in [0.5, 0.6) is 5.75 Å². The molecule has 1 saturated heterocycles. The Labute approximate surface area is 152 Å². The van der Waals surface area contributed by atoms with Gasteiger partial charge in [-0.15, -0.1) is 0 Å². The number of halogens is 5. The van der Waals surface area contributed by atoms with Crippen molar-refractivity contribution in [1.82, 2.24) is 9.88 Å². The highest BCUT2D eigenvalue weighted by Gasteiger charge is 2.60. The molecule has 3 rings (SSSR count). The van der Waals surface area contributed by atoms with E-state index in [0.717, 1.165) is 6.20 Å². The van der Waals surface area contributed by atoms with Gasteiger partial charge in [0.25, 0.3) is 0 Å². The van der Waals surface area contributed by atoms with Gasteiger partial charge in [0, 0.05) is 24.4 Å². The normalized spacial score (nSPS) is 22.7. The number of pyridine rings is 1. The topological polar surface area (TPSA) is 51.7 Å². The third-order valence-electron chi connectivity index (χ3n) is 4.37. The van der Waals surface area contributed by atoms with Gasteiger partial charge in [-0.05, 0) is 33.6 Å². The van der Waals surface area contributed by atoms with E-state index in [4.69, 9.17) is 9.47 Å². The molecule has 1 amide bonds. The number of rotatable bonds is 1. The molecule has 1 aromatic heterocycles. The summed E-state index contributed by atoms with van der Waals surface area (Å²) >= 11 is 0. The van der Waals surface area contributed by atoms with E-state index in [0.29, 0.717) is 31.0 Å². The number of ether oxygens (including phenoxy) is 2. The predicted molar refractivity (Wildman–Crippen MR) is 83.5 cm³/mol. The Morgan fingerprint density at radius 3 is 2.52 bits per heavy atom. The lowest BCUT2D eigenvalue weighted by Crippen LogP contribution is -2.46. The Hall–Kier alpha value is -2.13. The molecule has 2 atom stereocenters. The van der Waals surface area contributed by atoms with Gasteiger partial charge in [-0.3, -0.25) is 9.88 Å². The van der Waals surface area contributed by atoms with Crippen molar-refractivity contribution in [3.05, 3.63) is 23.5 Å². The van der Waals surface area contributed by atoms with Gasteiger partial charge >= 0.3 is 18.2 Å². The SMILES string of the molecule is CC(C)(C)OC(=O)N1CCCC2Oc3cc(C(F)(F)C(F)(F)F)ncc3C21. The fraction of sp³-hybridized carbons (Fsp3) is 0.647. The largest absolute Gasteiger partial charge is 0.487 e. The van der Waals surface area contributed by atoms with E-state index in [2.05, 4.69) is 4.98 Å². The third kappa shape index (κ3) is 3.53. The van der Waals surface area contributed by atoms with E-state index in [1.807, 2.05) is 0 Å². The quantitative estimate of drug-likeness (QED) is 0.655. The van der Waals surface area contributed by atoms with Gasteiger partial charge in [0.05, 0.1) is 0 Å². The second kappa shape index (κ2) is 6.20. The Kier molecular flexibility index (Phi) is 4.51. The van der Waals surface area contributed by atoms with Gasteiger partial charge in [0.15, 0.2) is 0 Å². The maximum absolute atomic E-state index is 13.6. The lowest BCUT2D eigenvalue weighted by Gasteiger charge is -2.37. The van der Waals surface area contributed by atoms with Crippen molar-refractivity contribution in [1.29, 1.82) is 0 Å². The average Bonchev–Trinajstić information content (AvgIpc) is 2.89. The number of likely N-dealkylation sites (tertiary alicyclic amines) is 1. The first kappa shape index (κ1) is 19.6. The Morgan fingerprint density at radius 1 is 1.26 bits per heavy atom. The molecule has 3 heterocycles. The Morgan fingerprint density at radius 2 is 1.93 bits per heavy atom. The number of amides is 1. The average molecular weight is 394 g/mol. The summed E-state index contributed by atoms with van der Waals surface area (Å²) in [5.74, 6) is -5.21. The van der Waals surface area contributed by atoms with E-state index in [9.17, 15) is 26.7 Å². The van der Waals surface area contributed by atoms with Crippen LogP contribution in [0, 0.1) is 0 Å². The summed E-state index contributed by atoms with van der Waals surface area (Å²) < 4.78 is 75.9. The molecule has 27 heavy (non-hydrogen) atoms. The smallest absolute Gasteiger partial charge is 0.459 e. The lowest BCUT2D eigenvalue weighted by atomic mass is 9.95. The molecule has 0 aromatic carbocycles. The number of aromatic nitrogens is 1. The Balaban J connectivity index is 1.93. The highest BCUT2D eigenvalue weighted by Crippen LogP contribution is 2.48. The van der Waals surface area contributed by atoms with Crippen molar-refractivity contribution in [2.45, 2.75) is 63.5 Å². The monoisotopic (exact) mass is 394 g/mol. The minimum absolute atomic E-state index is 0.116. The molecule has 150 valence electrons. The molecule has 2 aliphatic heterocycles. The molecule has 0 spiro atoms. The number of carbonyl (C=O) groups excluding carboxylic acids is 1. The summed E-state index contributed by atoms with van der Waals surface area (Å²) in [5.41, 5.74) is -1.87. The van der Waals surface area contributed by atoms with Crippen LogP contribution in [0.25, 0.3) is 0 Å². The minimum atomic E-state index is -5.76. The van der Waals surface area contributed by atoms with Crippen molar-refractivity contribution in [3.8, 4) is 5.75 Å². The second-order valence-electron chi connectivity index (χ2n) is 7.60. The van der Waals surface area contributed by atoms with E-state index >= 15 is 0 Å². The number of nitrogens with zero attached hydrogens (tertiary/aromatic N) is 2. The predicted octanol–water partition coefficient (Wildman–Crippen LogP) is 4.57. The highest BCUT2D eigenvalue weighted by molar-refractivity contribution is 5.69. The fourth-order valence-corrected chi connectivity index (χ4v) is 3.23. The van der Waals surface area contributed by atoms with Crippen LogP contribution in [-0.4, -0.2) is 40.4 Å².